The van der Waals surface area contributed by atoms with Gasteiger partial charge in [-0.2, -0.15) is 0 Å². The summed E-state index contributed by atoms with van der Waals surface area (Å²) in [6, 6.07) is 62.0. The first-order valence-corrected chi connectivity index (χ1v) is 17.9. The van der Waals surface area contributed by atoms with Crippen LogP contribution in [0, 0.1) is 0 Å². The molecule has 0 unspecified atom stereocenters. The zero-order valence-electron chi connectivity index (χ0n) is 27.0. The molecule has 0 amide bonds. The molecule has 50 heavy (non-hydrogen) atoms. The summed E-state index contributed by atoms with van der Waals surface area (Å²) < 4.78 is 9.00. The second-order valence-corrected chi connectivity index (χ2v) is 14.3. The third-order valence-electron chi connectivity index (χ3n) is 10.4. The Morgan fingerprint density at radius 2 is 0.860 bits per heavy atom. The molecule has 0 aliphatic carbocycles. The molecule has 0 atom stereocenters. The summed E-state index contributed by atoms with van der Waals surface area (Å²) in [5, 5.41) is 12.5. The van der Waals surface area contributed by atoms with Crippen LogP contribution >= 0.6 is 11.3 Å². The smallest absolute Gasteiger partial charge is 0.136 e. The third kappa shape index (κ3) is 4.06. The third-order valence-corrected chi connectivity index (χ3v) is 11.6. The first-order chi connectivity index (χ1) is 24.8. The highest BCUT2D eigenvalue weighted by Gasteiger charge is 2.18. The van der Waals surface area contributed by atoms with E-state index in [-0.39, 0.29) is 0 Å². The highest BCUT2D eigenvalue weighted by atomic mass is 32.1. The first kappa shape index (κ1) is 27.7. The molecule has 11 aromatic rings. The molecule has 9 aromatic carbocycles. The van der Waals surface area contributed by atoms with E-state index in [2.05, 4.69) is 170 Å². The summed E-state index contributed by atoms with van der Waals surface area (Å²) >= 11 is 1.85. The van der Waals surface area contributed by atoms with Gasteiger partial charge in [-0.3, -0.25) is 0 Å². The number of rotatable bonds is 3. The summed E-state index contributed by atoms with van der Waals surface area (Å²) in [4.78, 5) is 0. The molecular weight excluding hydrogens is 625 g/mol. The molecule has 1 nitrogen and oxygen atoms in total. The van der Waals surface area contributed by atoms with Crippen molar-refractivity contribution in [1.29, 1.82) is 0 Å². The molecule has 0 radical (unpaired) electrons. The fraction of sp³-hybridized carbons (Fsp3) is 0. The van der Waals surface area contributed by atoms with Crippen LogP contribution in [0.5, 0.6) is 0 Å². The Morgan fingerprint density at radius 1 is 0.320 bits per heavy atom. The van der Waals surface area contributed by atoms with Gasteiger partial charge in [0, 0.05) is 30.9 Å². The Kier molecular flexibility index (Phi) is 5.89. The molecule has 0 spiro atoms. The molecule has 0 aliphatic heterocycles. The van der Waals surface area contributed by atoms with Gasteiger partial charge >= 0.3 is 0 Å². The lowest BCUT2D eigenvalue weighted by atomic mass is 9.85. The highest BCUT2D eigenvalue weighted by Crippen LogP contribution is 2.45. The van der Waals surface area contributed by atoms with Gasteiger partial charge in [-0.15, -0.1) is 11.3 Å². The van der Waals surface area contributed by atoms with E-state index >= 15 is 0 Å². The topological polar surface area (TPSA) is 13.1 Å². The van der Waals surface area contributed by atoms with Gasteiger partial charge < -0.3 is 4.42 Å². The molecule has 0 saturated heterocycles. The molecule has 0 fully saturated rings. The standard InChI is InChI=1S/C48H28OS/c1-2-10-29(11-3-1)45-35-12-4-6-14-37(35)46(38-15-7-5-13-36(38)45)34-21-20-30-26-31(18-19-32(30)27-34)33-22-23-41-40(28-33)47-42(49-41)24-25-44-48(47)39-16-8-9-17-43(39)50-44/h1-28H. The van der Waals surface area contributed by atoms with Crippen LogP contribution < -0.4 is 0 Å². The Hall–Kier alpha value is -6.22. The van der Waals surface area contributed by atoms with Crippen molar-refractivity contribution in [3.63, 3.8) is 0 Å². The number of thiophene rings is 1. The largest absolute Gasteiger partial charge is 0.456 e. The minimum absolute atomic E-state index is 0.926. The van der Waals surface area contributed by atoms with Crippen molar-refractivity contribution in [2.24, 2.45) is 0 Å². The van der Waals surface area contributed by atoms with E-state index in [1.807, 2.05) is 11.3 Å². The van der Waals surface area contributed by atoms with Gasteiger partial charge in [0.15, 0.2) is 0 Å². The average molecular weight is 653 g/mol. The SMILES string of the molecule is c1ccc(-c2c3ccccc3c(-c3ccc4cc(-c5ccc6oc7ccc8sc9ccccc9c8c7c6c5)ccc4c3)c3ccccc23)cc1. The Morgan fingerprint density at radius 3 is 1.58 bits per heavy atom. The van der Waals surface area contributed by atoms with Crippen molar-refractivity contribution in [1.82, 2.24) is 0 Å². The van der Waals surface area contributed by atoms with E-state index in [1.54, 1.807) is 0 Å². The van der Waals surface area contributed by atoms with Crippen molar-refractivity contribution in [3.8, 4) is 33.4 Å². The molecule has 0 N–H and O–H groups in total. The van der Waals surface area contributed by atoms with Crippen molar-refractivity contribution < 1.29 is 4.42 Å². The summed E-state index contributed by atoms with van der Waals surface area (Å²) in [5.74, 6) is 0. The van der Waals surface area contributed by atoms with Gasteiger partial charge in [0.2, 0.25) is 0 Å². The predicted molar refractivity (Wildman–Crippen MR) is 215 cm³/mol. The maximum Gasteiger partial charge on any atom is 0.136 e. The predicted octanol–water partition coefficient (Wildman–Crippen LogP) is 14.4. The first-order valence-electron chi connectivity index (χ1n) is 17.1. The highest BCUT2D eigenvalue weighted by molar-refractivity contribution is 7.26. The molecule has 232 valence electrons. The monoisotopic (exact) mass is 652 g/mol. The van der Waals surface area contributed by atoms with Gasteiger partial charge in [0.05, 0.1) is 0 Å². The lowest BCUT2D eigenvalue weighted by molar-refractivity contribution is 0.669. The number of benzene rings is 9. The second kappa shape index (κ2) is 10.6. The zero-order chi connectivity index (χ0) is 32.8. The van der Waals surface area contributed by atoms with Gasteiger partial charge in [-0.05, 0) is 108 Å². The summed E-state index contributed by atoms with van der Waals surface area (Å²) in [6.07, 6.45) is 0. The fourth-order valence-corrected chi connectivity index (χ4v) is 9.31. The van der Waals surface area contributed by atoms with Crippen LogP contribution in [-0.2, 0) is 0 Å². The van der Waals surface area contributed by atoms with Crippen molar-refractivity contribution in [2.45, 2.75) is 0 Å². The van der Waals surface area contributed by atoms with Crippen LogP contribution in [0.25, 0.3) is 108 Å². The maximum absolute atomic E-state index is 6.39. The molecular formula is C48H28OS. The lowest BCUT2D eigenvalue weighted by Gasteiger charge is -2.18. The van der Waals surface area contributed by atoms with E-state index < -0.39 is 0 Å². The van der Waals surface area contributed by atoms with E-state index in [1.165, 1.54) is 96.6 Å². The lowest BCUT2D eigenvalue weighted by Crippen LogP contribution is -1.90. The van der Waals surface area contributed by atoms with E-state index in [9.17, 15) is 0 Å². The number of hydrogen-bond acceptors (Lipinski definition) is 2. The average Bonchev–Trinajstić information content (AvgIpc) is 3.74. The Labute approximate surface area is 292 Å². The molecule has 0 bridgehead atoms. The van der Waals surface area contributed by atoms with Crippen molar-refractivity contribution in [2.75, 3.05) is 0 Å². The minimum atomic E-state index is 0.926. The van der Waals surface area contributed by atoms with Crippen molar-refractivity contribution >= 4 is 85.8 Å². The van der Waals surface area contributed by atoms with Crippen LogP contribution in [0.2, 0.25) is 0 Å². The molecule has 11 rings (SSSR count). The van der Waals surface area contributed by atoms with E-state index in [0.717, 1.165) is 11.2 Å². The molecule has 2 heterocycles. The summed E-state index contributed by atoms with van der Waals surface area (Å²) in [5.41, 5.74) is 9.31. The molecule has 2 heteroatoms. The Balaban J connectivity index is 1.07. The summed E-state index contributed by atoms with van der Waals surface area (Å²) in [7, 11) is 0. The normalized spacial score (nSPS) is 12.0. The molecule has 0 saturated carbocycles. The number of hydrogen-bond donors (Lipinski definition) is 0. The van der Waals surface area contributed by atoms with Gasteiger partial charge in [-0.25, -0.2) is 0 Å². The van der Waals surface area contributed by atoms with Crippen molar-refractivity contribution in [3.05, 3.63) is 170 Å². The van der Waals surface area contributed by atoms with E-state index in [0.29, 0.717) is 0 Å². The summed E-state index contributed by atoms with van der Waals surface area (Å²) in [6.45, 7) is 0. The van der Waals surface area contributed by atoms with Crippen LogP contribution in [-0.4, -0.2) is 0 Å². The quantitative estimate of drug-likeness (QED) is 0.173. The van der Waals surface area contributed by atoms with Crippen LogP contribution in [0.4, 0.5) is 0 Å². The minimum Gasteiger partial charge on any atom is -0.456 e. The fourth-order valence-electron chi connectivity index (χ4n) is 8.20. The van der Waals surface area contributed by atoms with Gasteiger partial charge in [-0.1, -0.05) is 127 Å². The van der Waals surface area contributed by atoms with Gasteiger partial charge in [0.1, 0.15) is 11.2 Å². The van der Waals surface area contributed by atoms with Crippen LogP contribution in [0.1, 0.15) is 0 Å². The zero-order valence-corrected chi connectivity index (χ0v) is 27.8. The van der Waals surface area contributed by atoms with Crippen LogP contribution in [0.3, 0.4) is 0 Å². The van der Waals surface area contributed by atoms with E-state index in [4.69, 9.17) is 4.42 Å². The molecule has 2 aromatic heterocycles. The Bertz CT molecular complexity index is 3090. The number of fused-ring (bicyclic) bond motifs is 10. The maximum atomic E-state index is 6.39. The molecule has 0 aliphatic rings. The number of furan rings is 1. The van der Waals surface area contributed by atoms with Crippen LogP contribution in [0.15, 0.2) is 174 Å². The van der Waals surface area contributed by atoms with Gasteiger partial charge in [0.25, 0.3) is 0 Å². The second-order valence-electron chi connectivity index (χ2n) is 13.2.